The van der Waals surface area contributed by atoms with Gasteiger partial charge in [0.2, 0.25) is 5.75 Å². The minimum atomic E-state index is -0.786. The SMILES string of the molecule is COc1cc(C(=O)N/N=C/c2ccc(F)cc2F)cc(OC)c1OC. The number of nitrogens with one attached hydrogen (secondary N) is 1. The highest BCUT2D eigenvalue weighted by molar-refractivity contribution is 5.96. The minimum Gasteiger partial charge on any atom is -0.493 e. The van der Waals surface area contributed by atoms with Crippen LogP contribution in [0.3, 0.4) is 0 Å². The molecule has 2 aromatic carbocycles. The number of hydrazone groups is 1. The van der Waals surface area contributed by atoms with Gasteiger partial charge in [0.25, 0.3) is 5.91 Å². The van der Waals surface area contributed by atoms with E-state index in [1.165, 1.54) is 39.5 Å². The number of hydrogen-bond acceptors (Lipinski definition) is 5. The van der Waals surface area contributed by atoms with Gasteiger partial charge in [0, 0.05) is 17.2 Å². The highest BCUT2D eigenvalue weighted by Gasteiger charge is 2.16. The molecular weight excluding hydrogens is 334 g/mol. The Morgan fingerprint density at radius 2 is 1.68 bits per heavy atom. The average Bonchev–Trinajstić information content (AvgIpc) is 2.61. The first kappa shape index (κ1) is 18.2. The monoisotopic (exact) mass is 350 g/mol. The van der Waals surface area contributed by atoms with Gasteiger partial charge in [-0.25, -0.2) is 14.2 Å². The number of carbonyl (C=O) groups is 1. The lowest BCUT2D eigenvalue weighted by molar-refractivity contribution is 0.0954. The zero-order valence-electron chi connectivity index (χ0n) is 13.8. The number of methoxy groups -OCH3 is 3. The first-order valence-corrected chi connectivity index (χ1v) is 7.08. The molecule has 0 aromatic heterocycles. The van der Waals surface area contributed by atoms with Crippen molar-refractivity contribution in [3.63, 3.8) is 0 Å². The molecule has 0 heterocycles. The van der Waals surface area contributed by atoms with Crippen LogP contribution in [0.4, 0.5) is 8.78 Å². The molecule has 2 aromatic rings. The molecule has 1 amide bonds. The molecule has 0 fully saturated rings. The van der Waals surface area contributed by atoms with E-state index < -0.39 is 17.5 Å². The summed E-state index contributed by atoms with van der Waals surface area (Å²) in [6, 6.07) is 5.92. The Bertz CT molecular complexity index is 784. The van der Waals surface area contributed by atoms with E-state index in [4.69, 9.17) is 14.2 Å². The molecule has 0 bridgehead atoms. The number of rotatable bonds is 6. The van der Waals surface area contributed by atoms with Crippen molar-refractivity contribution in [3.05, 3.63) is 53.1 Å². The van der Waals surface area contributed by atoms with Crippen molar-refractivity contribution in [2.45, 2.75) is 0 Å². The van der Waals surface area contributed by atoms with Gasteiger partial charge in [0.05, 0.1) is 27.5 Å². The van der Waals surface area contributed by atoms with Gasteiger partial charge in [0.1, 0.15) is 11.6 Å². The van der Waals surface area contributed by atoms with Gasteiger partial charge in [-0.1, -0.05) is 0 Å². The van der Waals surface area contributed by atoms with E-state index >= 15 is 0 Å². The normalized spacial score (nSPS) is 10.6. The van der Waals surface area contributed by atoms with Gasteiger partial charge >= 0.3 is 0 Å². The zero-order chi connectivity index (χ0) is 18.4. The van der Waals surface area contributed by atoms with Crippen LogP contribution >= 0.6 is 0 Å². The summed E-state index contributed by atoms with van der Waals surface area (Å²) in [5, 5.41) is 3.66. The molecule has 6 nitrogen and oxygen atoms in total. The lowest BCUT2D eigenvalue weighted by atomic mass is 10.1. The fourth-order valence-electron chi connectivity index (χ4n) is 2.04. The molecule has 0 atom stereocenters. The van der Waals surface area contributed by atoms with E-state index in [0.717, 1.165) is 18.3 Å². The predicted octanol–water partition coefficient (Wildman–Crippen LogP) is 2.75. The molecule has 0 spiro atoms. The van der Waals surface area contributed by atoms with Crippen LogP contribution in [0.2, 0.25) is 0 Å². The zero-order valence-corrected chi connectivity index (χ0v) is 13.8. The van der Waals surface area contributed by atoms with E-state index in [1.54, 1.807) is 0 Å². The van der Waals surface area contributed by atoms with Crippen molar-refractivity contribution in [2.24, 2.45) is 5.10 Å². The second-order valence-electron chi connectivity index (χ2n) is 4.78. The van der Waals surface area contributed by atoms with Crippen LogP contribution in [0.25, 0.3) is 0 Å². The van der Waals surface area contributed by atoms with E-state index in [0.29, 0.717) is 17.2 Å². The number of carbonyl (C=O) groups excluding carboxylic acids is 1. The maximum absolute atomic E-state index is 13.5. The molecule has 0 unspecified atom stereocenters. The van der Waals surface area contributed by atoms with Crippen LogP contribution in [-0.4, -0.2) is 33.5 Å². The van der Waals surface area contributed by atoms with Crippen LogP contribution < -0.4 is 19.6 Å². The van der Waals surface area contributed by atoms with Gasteiger partial charge in [-0.05, 0) is 24.3 Å². The standard InChI is InChI=1S/C17H16F2N2O4/c1-23-14-6-11(7-15(24-2)16(14)25-3)17(22)21-20-9-10-4-5-12(18)8-13(10)19/h4-9H,1-3H3,(H,21,22)/b20-9+. The average molecular weight is 350 g/mol. The second kappa shape index (κ2) is 8.09. The third kappa shape index (κ3) is 4.23. The molecule has 1 N–H and O–H groups in total. The molecule has 0 saturated heterocycles. The van der Waals surface area contributed by atoms with Gasteiger partial charge in [-0.15, -0.1) is 0 Å². The molecule has 132 valence electrons. The van der Waals surface area contributed by atoms with E-state index in [2.05, 4.69) is 10.5 Å². The molecule has 25 heavy (non-hydrogen) atoms. The summed E-state index contributed by atoms with van der Waals surface area (Å²) in [6.45, 7) is 0. The van der Waals surface area contributed by atoms with Crippen molar-refractivity contribution in [1.29, 1.82) is 0 Å². The van der Waals surface area contributed by atoms with Crippen LogP contribution in [0.15, 0.2) is 35.4 Å². The largest absolute Gasteiger partial charge is 0.493 e. The third-order valence-electron chi connectivity index (χ3n) is 3.26. The van der Waals surface area contributed by atoms with Crippen molar-refractivity contribution in [2.75, 3.05) is 21.3 Å². The Morgan fingerprint density at radius 3 is 2.20 bits per heavy atom. The first-order chi connectivity index (χ1) is 12.0. The second-order valence-corrected chi connectivity index (χ2v) is 4.78. The highest BCUT2D eigenvalue weighted by atomic mass is 19.1. The van der Waals surface area contributed by atoms with Crippen LogP contribution in [0.1, 0.15) is 15.9 Å². The summed E-state index contributed by atoms with van der Waals surface area (Å²) in [7, 11) is 4.30. The lowest BCUT2D eigenvalue weighted by Gasteiger charge is -2.13. The van der Waals surface area contributed by atoms with Gasteiger partial charge in [0.15, 0.2) is 11.5 Å². The highest BCUT2D eigenvalue weighted by Crippen LogP contribution is 2.38. The molecule has 8 heteroatoms. The molecule has 0 aliphatic heterocycles. The van der Waals surface area contributed by atoms with Gasteiger partial charge in [-0.3, -0.25) is 4.79 Å². The van der Waals surface area contributed by atoms with E-state index in [1.807, 2.05) is 0 Å². The summed E-state index contributed by atoms with van der Waals surface area (Å²) in [5.41, 5.74) is 2.48. The Balaban J connectivity index is 2.19. The van der Waals surface area contributed by atoms with E-state index in [9.17, 15) is 13.6 Å². The molecule has 0 aliphatic rings. The fraction of sp³-hybridized carbons (Fsp3) is 0.176. The summed E-state index contributed by atoms with van der Waals surface area (Å²) in [6.07, 6.45) is 1.07. The maximum atomic E-state index is 13.5. The van der Waals surface area contributed by atoms with Crippen LogP contribution in [0, 0.1) is 11.6 Å². The summed E-state index contributed by atoms with van der Waals surface area (Å²) in [4.78, 5) is 12.2. The minimum absolute atomic E-state index is 0.0339. The molecular formula is C17H16F2N2O4. The van der Waals surface area contributed by atoms with Crippen molar-refractivity contribution >= 4 is 12.1 Å². The van der Waals surface area contributed by atoms with E-state index in [-0.39, 0.29) is 11.1 Å². The number of hydrogen-bond donors (Lipinski definition) is 1. The summed E-state index contributed by atoms with van der Waals surface area (Å²) in [5.74, 6) is -1.10. The Hall–Kier alpha value is -3.16. The lowest BCUT2D eigenvalue weighted by Crippen LogP contribution is -2.18. The van der Waals surface area contributed by atoms with Gasteiger partial charge in [-0.2, -0.15) is 5.10 Å². The van der Waals surface area contributed by atoms with Crippen molar-refractivity contribution in [1.82, 2.24) is 5.43 Å². The predicted molar refractivity (Wildman–Crippen MR) is 87.5 cm³/mol. The van der Waals surface area contributed by atoms with Crippen molar-refractivity contribution in [3.8, 4) is 17.2 Å². The number of amides is 1. The maximum Gasteiger partial charge on any atom is 0.271 e. The topological polar surface area (TPSA) is 69.2 Å². The van der Waals surface area contributed by atoms with Crippen LogP contribution in [0.5, 0.6) is 17.2 Å². The molecule has 0 radical (unpaired) electrons. The fourth-order valence-corrected chi connectivity index (χ4v) is 2.04. The Kier molecular flexibility index (Phi) is 5.89. The molecule has 0 saturated carbocycles. The molecule has 0 aliphatic carbocycles. The Morgan fingerprint density at radius 1 is 1.04 bits per heavy atom. The first-order valence-electron chi connectivity index (χ1n) is 7.08. The number of halogens is 2. The van der Waals surface area contributed by atoms with Gasteiger partial charge < -0.3 is 14.2 Å². The van der Waals surface area contributed by atoms with Crippen molar-refractivity contribution < 1.29 is 27.8 Å². The number of benzene rings is 2. The number of nitrogens with zero attached hydrogens (tertiary/aromatic N) is 1. The Labute approximate surface area is 143 Å². The molecule has 2 rings (SSSR count). The summed E-state index contributed by atoms with van der Waals surface area (Å²) >= 11 is 0. The quantitative estimate of drug-likeness (QED) is 0.642. The smallest absolute Gasteiger partial charge is 0.271 e. The number of ether oxygens (including phenoxy) is 3. The van der Waals surface area contributed by atoms with Crippen LogP contribution in [-0.2, 0) is 0 Å². The summed E-state index contributed by atoms with van der Waals surface area (Å²) < 4.78 is 41.8. The third-order valence-corrected chi connectivity index (χ3v) is 3.26.